The molecule has 0 atom stereocenters. The summed E-state index contributed by atoms with van der Waals surface area (Å²) in [6.07, 6.45) is 0. The highest BCUT2D eigenvalue weighted by Gasteiger charge is 2.06. The van der Waals surface area contributed by atoms with Crippen LogP contribution in [0.15, 0.2) is 65.5 Å². The van der Waals surface area contributed by atoms with Gasteiger partial charge in [-0.15, -0.1) is 0 Å². The molecule has 100 valence electrons. The van der Waals surface area contributed by atoms with Crippen molar-refractivity contribution in [3.63, 3.8) is 0 Å². The number of ether oxygens (including phenoxy) is 1. The SMILES string of the molecule is Cn1c(COc2ccccc2)cc(=O)c2ccccc21. The zero-order valence-electron chi connectivity index (χ0n) is 11.2. The summed E-state index contributed by atoms with van der Waals surface area (Å²) in [5, 5.41) is 0.735. The second-order valence-corrected chi connectivity index (χ2v) is 4.68. The molecular formula is C17H15NO2. The molecule has 0 aliphatic rings. The number of hydrogen-bond acceptors (Lipinski definition) is 2. The van der Waals surface area contributed by atoms with Gasteiger partial charge in [0.15, 0.2) is 5.43 Å². The van der Waals surface area contributed by atoms with Gasteiger partial charge in [0.1, 0.15) is 12.4 Å². The average molecular weight is 265 g/mol. The lowest BCUT2D eigenvalue weighted by atomic mass is 10.2. The van der Waals surface area contributed by atoms with Gasteiger partial charge < -0.3 is 9.30 Å². The fourth-order valence-corrected chi connectivity index (χ4v) is 2.27. The van der Waals surface area contributed by atoms with Crippen LogP contribution in [0, 0.1) is 0 Å². The Kier molecular flexibility index (Phi) is 3.25. The third-order valence-electron chi connectivity index (χ3n) is 3.39. The van der Waals surface area contributed by atoms with Gasteiger partial charge in [-0.25, -0.2) is 0 Å². The van der Waals surface area contributed by atoms with E-state index in [1.165, 1.54) is 0 Å². The minimum Gasteiger partial charge on any atom is -0.487 e. The molecule has 1 heterocycles. The fourth-order valence-electron chi connectivity index (χ4n) is 2.27. The lowest BCUT2D eigenvalue weighted by Gasteiger charge is -2.13. The topological polar surface area (TPSA) is 31.2 Å². The molecule has 0 saturated heterocycles. The van der Waals surface area contributed by atoms with E-state index in [0.29, 0.717) is 6.61 Å². The van der Waals surface area contributed by atoms with Gasteiger partial charge in [-0.2, -0.15) is 0 Å². The molecule has 3 nitrogen and oxygen atoms in total. The van der Waals surface area contributed by atoms with Gasteiger partial charge in [-0.1, -0.05) is 30.3 Å². The summed E-state index contributed by atoms with van der Waals surface area (Å²) in [7, 11) is 1.95. The monoisotopic (exact) mass is 265 g/mol. The predicted molar refractivity (Wildman–Crippen MR) is 80.0 cm³/mol. The van der Waals surface area contributed by atoms with Crippen molar-refractivity contribution >= 4 is 10.9 Å². The molecule has 3 aromatic rings. The molecule has 0 N–H and O–H groups in total. The Morgan fingerprint density at radius 1 is 1.00 bits per heavy atom. The maximum atomic E-state index is 12.1. The van der Waals surface area contributed by atoms with Crippen molar-refractivity contribution in [1.29, 1.82) is 0 Å². The van der Waals surface area contributed by atoms with Gasteiger partial charge in [0.05, 0.1) is 11.2 Å². The highest BCUT2D eigenvalue weighted by molar-refractivity contribution is 5.79. The third kappa shape index (κ3) is 2.30. The van der Waals surface area contributed by atoms with Gasteiger partial charge in [-0.05, 0) is 24.3 Å². The Balaban J connectivity index is 1.96. The van der Waals surface area contributed by atoms with E-state index < -0.39 is 0 Å². The minimum atomic E-state index is 0.0327. The van der Waals surface area contributed by atoms with Crippen LogP contribution in [0.4, 0.5) is 0 Å². The summed E-state index contributed by atoms with van der Waals surface area (Å²) >= 11 is 0. The molecule has 0 bridgehead atoms. The van der Waals surface area contributed by atoms with E-state index in [4.69, 9.17) is 4.74 Å². The summed E-state index contributed by atoms with van der Waals surface area (Å²) < 4.78 is 7.72. The lowest BCUT2D eigenvalue weighted by molar-refractivity contribution is 0.297. The van der Waals surface area contributed by atoms with Crippen molar-refractivity contribution in [1.82, 2.24) is 4.57 Å². The maximum Gasteiger partial charge on any atom is 0.189 e. The van der Waals surface area contributed by atoms with Crippen molar-refractivity contribution in [2.75, 3.05) is 0 Å². The molecular weight excluding hydrogens is 250 g/mol. The third-order valence-corrected chi connectivity index (χ3v) is 3.39. The first-order chi connectivity index (χ1) is 9.75. The Bertz CT molecular complexity index is 791. The zero-order valence-corrected chi connectivity index (χ0v) is 11.2. The summed E-state index contributed by atoms with van der Waals surface area (Å²) in [5.74, 6) is 0.799. The van der Waals surface area contributed by atoms with E-state index in [1.54, 1.807) is 6.07 Å². The zero-order chi connectivity index (χ0) is 13.9. The first kappa shape index (κ1) is 12.5. The predicted octanol–water partition coefficient (Wildman–Crippen LogP) is 3.12. The Morgan fingerprint density at radius 3 is 2.50 bits per heavy atom. The fraction of sp³-hybridized carbons (Fsp3) is 0.118. The van der Waals surface area contributed by atoms with Crippen molar-refractivity contribution in [2.24, 2.45) is 7.05 Å². The summed E-state index contributed by atoms with van der Waals surface area (Å²) in [6, 6.07) is 18.8. The van der Waals surface area contributed by atoms with Crippen LogP contribution in [0.1, 0.15) is 5.69 Å². The van der Waals surface area contributed by atoms with Crippen molar-refractivity contribution < 1.29 is 4.74 Å². The van der Waals surface area contributed by atoms with E-state index in [9.17, 15) is 4.79 Å². The van der Waals surface area contributed by atoms with Crippen LogP contribution in [0.5, 0.6) is 5.75 Å². The number of pyridine rings is 1. The molecule has 0 aliphatic carbocycles. The number of rotatable bonds is 3. The van der Waals surface area contributed by atoms with Crippen LogP contribution in [-0.2, 0) is 13.7 Å². The van der Waals surface area contributed by atoms with Crippen LogP contribution < -0.4 is 10.2 Å². The molecule has 1 aromatic heterocycles. The van der Waals surface area contributed by atoms with Gasteiger partial charge in [0.2, 0.25) is 0 Å². The molecule has 2 aromatic carbocycles. The van der Waals surface area contributed by atoms with Crippen molar-refractivity contribution in [3.05, 3.63) is 76.6 Å². The van der Waals surface area contributed by atoms with Crippen LogP contribution in [0.3, 0.4) is 0 Å². The Hall–Kier alpha value is -2.55. The Morgan fingerprint density at radius 2 is 1.70 bits per heavy atom. The Labute approximate surface area is 117 Å². The highest BCUT2D eigenvalue weighted by Crippen LogP contribution is 2.14. The van der Waals surface area contributed by atoms with Gasteiger partial charge in [0.25, 0.3) is 0 Å². The van der Waals surface area contributed by atoms with Crippen molar-refractivity contribution in [2.45, 2.75) is 6.61 Å². The second-order valence-electron chi connectivity index (χ2n) is 4.68. The van der Waals surface area contributed by atoms with E-state index in [-0.39, 0.29) is 5.43 Å². The molecule has 0 unspecified atom stereocenters. The smallest absolute Gasteiger partial charge is 0.189 e. The molecule has 0 radical (unpaired) electrons. The molecule has 3 rings (SSSR count). The standard InChI is InChI=1S/C17H15NO2/c1-18-13(12-20-14-7-3-2-4-8-14)11-17(19)15-9-5-6-10-16(15)18/h2-11H,12H2,1H3. The van der Waals surface area contributed by atoms with Crippen LogP contribution >= 0.6 is 0 Å². The molecule has 0 amide bonds. The average Bonchev–Trinajstić information content (AvgIpc) is 2.50. The van der Waals surface area contributed by atoms with E-state index in [0.717, 1.165) is 22.3 Å². The molecule has 0 aliphatic heterocycles. The summed E-state index contributed by atoms with van der Waals surface area (Å²) in [6.45, 7) is 0.376. The van der Waals surface area contributed by atoms with Gasteiger partial charge in [0, 0.05) is 18.5 Å². The molecule has 20 heavy (non-hydrogen) atoms. The van der Waals surface area contributed by atoms with E-state index in [2.05, 4.69) is 0 Å². The van der Waals surface area contributed by atoms with Crippen LogP contribution in [0.2, 0.25) is 0 Å². The number of hydrogen-bond donors (Lipinski definition) is 0. The molecule has 0 fully saturated rings. The number of aromatic nitrogens is 1. The molecule has 0 saturated carbocycles. The number of para-hydroxylation sites is 2. The summed E-state index contributed by atoms with van der Waals surface area (Å²) in [4.78, 5) is 12.1. The number of fused-ring (bicyclic) bond motifs is 1. The van der Waals surface area contributed by atoms with Crippen LogP contribution in [-0.4, -0.2) is 4.57 Å². The van der Waals surface area contributed by atoms with E-state index in [1.807, 2.05) is 66.2 Å². The summed E-state index contributed by atoms with van der Waals surface area (Å²) in [5.41, 5.74) is 1.81. The largest absolute Gasteiger partial charge is 0.487 e. The molecule has 3 heteroatoms. The van der Waals surface area contributed by atoms with Crippen LogP contribution in [0.25, 0.3) is 10.9 Å². The number of nitrogens with zero attached hydrogens (tertiary/aromatic N) is 1. The van der Waals surface area contributed by atoms with Gasteiger partial charge in [-0.3, -0.25) is 4.79 Å². The molecule has 0 spiro atoms. The minimum absolute atomic E-state index is 0.0327. The maximum absolute atomic E-state index is 12.1. The quantitative estimate of drug-likeness (QED) is 0.728. The highest BCUT2D eigenvalue weighted by atomic mass is 16.5. The van der Waals surface area contributed by atoms with Crippen molar-refractivity contribution in [3.8, 4) is 5.75 Å². The lowest BCUT2D eigenvalue weighted by Crippen LogP contribution is -2.13. The normalized spacial score (nSPS) is 10.7. The number of aryl methyl sites for hydroxylation is 1. The first-order valence-electron chi connectivity index (χ1n) is 6.51. The first-order valence-corrected chi connectivity index (χ1v) is 6.51. The van der Waals surface area contributed by atoms with Gasteiger partial charge >= 0.3 is 0 Å². The number of benzene rings is 2. The second kappa shape index (κ2) is 5.21. The van der Waals surface area contributed by atoms with E-state index >= 15 is 0 Å².